The van der Waals surface area contributed by atoms with Crippen LogP contribution in [0.2, 0.25) is 0 Å². The Labute approximate surface area is 189 Å². The van der Waals surface area contributed by atoms with E-state index in [1.165, 1.54) is 13.2 Å². The maximum absolute atomic E-state index is 12.9. The zero-order valence-electron chi connectivity index (χ0n) is 17.7. The van der Waals surface area contributed by atoms with E-state index in [1.807, 2.05) is 29.2 Å². The van der Waals surface area contributed by atoms with Crippen LogP contribution >= 0.6 is 11.3 Å². The molecule has 166 valence electrons. The van der Waals surface area contributed by atoms with Gasteiger partial charge in [-0.3, -0.25) is 14.9 Å². The summed E-state index contributed by atoms with van der Waals surface area (Å²) in [5.41, 5.74) is 1.71. The summed E-state index contributed by atoms with van der Waals surface area (Å²) in [5, 5.41) is 2.92. The number of benzene rings is 1. The molecule has 0 saturated carbocycles. The van der Waals surface area contributed by atoms with Crippen LogP contribution in [0, 0.1) is 0 Å². The summed E-state index contributed by atoms with van der Waals surface area (Å²) in [4.78, 5) is 43.9. The molecule has 32 heavy (non-hydrogen) atoms. The first-order valence-corrected chi connectivity index (χ1v) is 11.2. The van der Waals surface area contributed by atoms with Crippen molar-refractivity contribution >= 4 is 46.1 Å². The maximum Gasteiger partial charge on any atom is 0.348 e. The molecule has 1 fully saturated rings. The molecule has 1 aliphatic rings. The number of methoxy groups -OCH3 is 1. The third kappa shape index (κ3) is 4.29. The number of esters is 1. The van der Waals surface area contributed by atoms with Gasteiger partial charge in [-0.1, -0.05) is 18.7 Å². The Kier molecular flexibility index (Phi) is 6.36. The average Bonchev–Trinajstić information content (AvgIpc) is 3.36. The number of hydrogen-bond donors (Lipinski definition) is 1. The molecule has 2 amide bonds. The molecular weight excluding hydrogens is 428 g/mol. The highest BCUT2D eigenvalue weighted by Crippen LogP contribution is 2.31. The summed E-state index contributed by atoms with van der Waals surface area (Å²) >= 11 is 1.07. The number of anilines is 1. The van der Waals surface area contributed by atoms with Crippen molar-refractivity contribution in [3.05, 3.63) is 58.8 Å². The summed E-state index contributed by atoms with van der Waals surface area (Å²) in [7, 11) is 1.31. The Balaban J connectivity index is 1.63. The van der Waals surface area contributed by atoms with Crippen LogP contribution in [0.15, 0.2) is 49.1 Å². The molecule has 9 heteroatoms. The van der Waals surface area contributed by atoms with Crippen LogP contribution in [0.4, 0.5) is 5.95 Å². The first-order chi connectivity index (χ1) is 15.5. The number of thiophene rings is 1. The number of carbonyl (C=O) groups excluding carboxylic acids is 3. The van der Waals surface area contributed by atoms with Crippen molar-refractivity contribution < 1.29 is 19.1 Å². The third-order valence-electron chi connectivity index (χ3n) is 5.59. The van der Waals surface area contributed by atoms with Gasteiger partial charge in [0.15, 0.2) is 0 Å². The number of likely N-dealkylation sites (tertiary alicyclic amines) is 1. The van der Waals surface area contributed by atoms with Crippen LogP contribution in [0.1, 0.15) is 44.6 Å². The van der Waals surface area contributed by atoms with E-state index in [0.717, 1.165) is 41.6 Å². The highest BCUT2D eigenvalue weighted by atomic mass is 32.1. The Morgan fingerprint density at radius 1 is 1.16 bits per heavy atom. The highest BCUT2D eigenvalue weighted by molar-refractivity contribution is 7.16. The minimum absolute atomic E-state index is 0.0613. The van der Waals surface area contributed by atoms with Crippen LogP contribution in [0.25, 0.3) is 11.0 Å². The van der Waals surface area contributed by atoms with Gasteiger partial charge in [0.05, 0.1) is 23.0 Å². The van der Waals surface area contributed by atoms with Crippen molar-refractivity contribution in [1.29, 1.82) is 0 Å². The molecule has 1 aromatic carbocycles. The number of imidazole rings is 1. The molecule has 0 bridgehead atoms. The molecule has 4 rings (SSSR count). The number of carbonyl (C=O) groups is 3. The first kappa shape index (κ1) is 21.8. The smallest absolute Gasteiger partial charge is 0.348 e. The Morgan fingerprint density at radius 3 is 2.72 bits per heavy atom. The minimum atomic E-state index is -0.474. The van der Waals surface area contributed by atoms with E-state index in [-0.39, 0.29) is 17.9 Å². The zero-order chi connectivity index (χ0) is 22.7. The van der Waals surface area contributed by atoms with Gasteiger partial charge in [-0.05, 0) is 49.6 Å². The number of ether oxygens (including phenoxy) is 1. The van der Waals surface area contributed by atoms with Crippen molar-refractivity contribution in [3.63, 3.8) is 0 Å². The van der Waals surface area contributed by atoms with Gasteiger partial charge in [0.1, 0.15) is 4.88 Å². The van der Waals surface area contributed by atoms with Crippen LogP contribution < -0.4 is 5.32 Å². The largest absolute Gasteiger partial charge is 0.465 e. The SMILES string of the molecule is C=CC(=O)N1CCC[C@@H](n2c(NC(=O)c3ccc(C(=O)OC)s3)nc3ccccc32)CC1. The second-order valence-corrected chi connectivity index (χ2v) is 8.60. The lowest BCUT2D eigenvalue weighted by Gasteiger charge is -2.21. The maximum atomic E-state index is 12.9. The summed E-state index contributed by atoms with van der Waals surface area (Å²) in [5.74, 6) is -0.413. The summed E-state index contributed by atoms with van der Waals surface area (Å²) in [6, 6.07) is 11.0. The van der Waals surface area contributed by atoms with E-state index in [4.69, 9.17) is 4.74 Å². The Bertz CT molecular complexity index is 1180. The standard InChI is InChI=1S/C23H24N4O4S/c1-3-20(28)26-13-6-7-15(12-14-26)27-17-9-5-4-8-16(17)24-23(27)25-21(29)18-10-11-19(32-18)22(30)31-2/h3-5,8-11,15H,1,6-7,12-14H2,2H3,(H,24,25,29)/t15-/m1/s1. The molecule has 3 heterocycles. The zero-order valence-corrected chi connectivity index (χ0v) is 18.6. The molecule has 2 aromatic heterocycles. The van der Waals surface area contributed by atoms with Gasteiger partial charge in [0.25, 0.3) is 5.91 Å². The highest BCUT2D eigenvalue weighted by Gasteiger charge is 2.25. The van der Waals surface area contributed by atoms with Crippen molar-refractivity contribution in [2.45, 2.75) is 25.3 Å². The number of hydrogen-bond acceptors (Lipinski definition) is 6. The molecule has 0 aliphatic carbocycles. The number of amides is 2. The molecule has 8 nitrogen and oxygen atoms in total. The second kappa shape index (κ2) is 9.35. The normalized spacial score (nSPS) is 16.4. The average molecular weight is 453 g/mol. The number of nitrogens with zero attached hydrogens (tertiary/aromatic N) is 3. The van der Waals surface area contributed by atoms with Gasteiger partial charge in [0, 0.05) is 19.1 Å². The topological polar surface area (TPSA) is 93.5 Å². The van der Waals surface area contributed by atoms with Crippen molar-refractivity contribution in [2.24, 2.45) is 0 Å². The van der Waals surface area contributed by atoms with E-state index in [1.54, 1.807) is 12.1 Å². The van der Waals surface area contributed by atoms with Gasteiger partial charge in [-0.25, -0.2) is 9.78 Å². The van der Waals surface area contributed by atoms with Gasteiger partial charge in [0.2, 0.25) is 11.9 Å². The Hall–Kier alpha value is -3.46. The first-order valence-electron chi connectivity index (χ1n) is 10.4. The molecule has 1 atom stereocenters. The fourth-order valence-corrected chi connectivity index (χ4v) is 4.84. The number of aromatic nitrogens is 2. The van der Waals surface area contributed by atoms with Crippen LogP contribution in [-0.2, 0) is 9.53 Å². The fraction of sp³-hybridized carbons (Fsp3) is 0.304. The Morgan fingerprint density at radius 2 is 1.94 bits per heavy atom. The quantitative estimate of drug-likeness (QED) is 0.468. The van der Waals surface area contributed by atoms with Crippen molar-refractivity contribution in [2.75, 3.05) is 25.5 Å². The molecule has 1 saturated heterocycles. The predicted molar refractivity (Wildman–Crippen MR) is 123 cm³/mol. The van der Waals surface area contributed by atoms with Crippen molar-refractivity contribution in [3.8, 4) is 0 Å². The third-order valence-corrected chi connectivity index (χ3v) is 6.65. The monoisotopic (exact) mass is 452 g/mol. The number of fused-ring (bicyclic) bond motifs is 1. The molecule has 0 spiro atoms. The number of para-hydroxylation sites is 2. The van der Waals surface area contributed by atoms with E-state index in [9.17, 15) is 14.4 Å². The molecule has 0 radical (unpaired) electrons. The van der Waals surface area contributed by atoms with Crippen LogP contribution in [0.5, 0.6) is 0 Å². The lowest BCUT2D eigenvalue weighted by molar-refractivity contribution is -0.125. The van der Waals surface area contributed by atoms with Crippen molar-refractivity contribution in [1.82, 2.24) is 14.5 Å². The fourth-order valence-electron chi connectivity index (χ4n) is 4.02. The van der Waals surface area contributed by atoms with E-state index >= 15 is 0 Å². The molecule has 0 unspecified atom stereocenters. The van der Waals surface area contributed by atoms with E-state index < -0.39 is 5.97 Å². The summed E-state index contributed by atoms with van der Waals surface area (Å²) < 4.78 is 6.78. The lowest BCUT2D eigenvalue weighted by atomic mass is 10.1. The van der Waals surface area contributed by atoms with Gasteiger partial charge >= 0.3 is 5.97 Å². The number of nitrogens with one attached hydrogen (secondary N) is 1. The summed E-state index contributed by atoms with van der Waals surface area (Å²) in [6.07, 6.45) is 3.80. The predicted octanol–water partition coefficient (Wildman–Crippen LogP) is 3.88. The molecule has 3 aromatic rings. The second-order valence-electron chi connectivity index (χ2n) is 7.52. The molecule has 1 aliphatic heterocycles. The van der Waals surface area contributed by atoms with Gasteiger partial charge in [-0.2, -0.15) is 0 Å². The van der Waals surface area contributed by atoms with Gasteiger partial charge < -0.3 is 14.2 Å². The lowest BCUT2D eigenvalue weighted by Crippen LogP contribution is -2.30. The van der Waals surface area contributed by atoms with Gasteiger partial charge in [-0.15, -0.1) is 11.3 Å². The van der Waals surface area contributed by atoms with E-state index in [0.29, 0.717) is 28.8 Å². The number of rotatable bonds is 5. The summed E-state index contributed by atoms with van der Waals surface area (Å²) in [6.45, 7) is 4.88. The molecular formula is C23H24N4O4S. The van der Waals surface area contributed by atoms with Crippen LogP contribution in [-0.4, -0.2) is 52.4 Å². The van der Waals surface area contributed by atoms with E-state index in [2.05, 4.69) is 21.4 Å². The van der Waals surface area contributed by atoms with Crippen LogP contribution in [0.3, 0.4) is 0 Å². The minimum Gasteiger partial charge on any atom is -0.465 e. The molecule has 1 N–H and O–H groups in total.